The van der Waals surface area contributed by atoms with Crippen LogP contribution in [0.15, 0.2) is 0 Å². The fourth-order valence-electron chi connectivity index (χ4n) is 2.14. The summed E-state index contributed by atoms with van der Waals surface area (Å²) in [5.41, 5.74) is 0. The number of carbonyl (C=O) groups is 2. The molecule has 6 atom stereocenters. The highest BCUT2D eigenvalue weighted by Gasteiger charge is 2.53. The first kappa shape index (κ1) is 17.8. The topological polar surface area (TPSA) is 177 Å². The van der Waals surface area contributed by atoms with Crippen molar-refractivity contribution >= 4 is 11.9 Å². The Hall–Kier alpha value is -1.30. The van der Waals surface area contributed by atoms with Gasteiger partial charge in [-0.15, -0.1) is 0 Å². The second-order valence-electron chi connectivity index (χ2n) is 4.91. The fourth-order valence-corrected chi connectivity index (χ4v) is 2.14. The van der Waals surface area contributed by atoms with E-state index in [1.54, 1.807) is 0 Å². The number of carbonyl (C=O) groups excluding carboxylic acids is 1. The summed E-state index contributed by atoms with van der Waals surface area (Å²) < 4.78 is 4.86. The van der Waals surface area contributed by atoms with Crippen LogP contribution < -0.4 is 5.32 Å². The maximum absolute atomic E-state index is 11.1. The summed E-state index contributed by atoms with van der Waals surface area (Å²) in [6.45, 7) is 0.256. The number of carboxylic acid groups (broad SMARTS) is 1. The van der Waals surface area contributed by atoms with Crippen LogP contribution in [-0.4, -0.2) is 85.4 Å². The molecule has 1 saturated heterocycles. The summed E-state index contributed by atoms with van der Waals surface area (Å²) in [5.74, 6) is -5.17. The first-order chi connectivity index (χ1) is 9.62. The number of nitrogens with one attached hydrogen (secondary N) is 1. The lowest BCUT2D eigenvalue weighted by Crippen LogP contribution is -2.67. The molecule has 1 fully saturated rings. The molecule has 1 heterocycles. The Morgan fingerprint density at radius 2 is 2.00 bits per heavy atom. The Morgan fingerprint density at radius 3 is 2.43 bits per heavy atom. The van der Waals surface area contributed by atoms with Crippen LogP contribution in [0.25, 0.3) is 0 Å². The van der Waals surface area contributed by atoms with Gasteiger partial charge in [-0.3, -0.25) is 4.79 Å². The molecular weight excluding hydrogens is 290 g/mol. The molecule has 1 rings (SSSR count). The van der Waals surface area contributed by atoms with E-state index in [-0.39, 0.29) is 0 Å². The molecule has 0 bridgehead atoms. The van der Waals surface area contributed by atoms with Crippen LogP contribution in [0.3, 0.4) is 0 Å². The smallest absolute Gasteiger partial charge is 0.364 e. The summed E-state index contributed by atoms with van der Waals surface area (Å²) in [6, 6.07) is -1.27. The summed E-state index contributed by atoms with van der Waals surface area (Å²) >= 11 is 0. The van der Waals surface area contributed by atoms with Crippen LogP contribution in [-0.2, 0) is 14.3 Å². The number of amides is 1. The normalized spacial score (nSPS) is 35.8. The third-order valence-corrected chi connectivity index (χ3v) is 3.21. The van der Waals surface area contributed by atoms with Crippen molar-refractivity contribution in [2.75, 3.05) is 6.61 Å². The quantitative estimate of drug-likeness (QED) is 0.268. The molecule has 21 heavy (non-hydrogen) atoms. The Balaban J connectivity index is 3.07. The first-order valence-corrected chi connectivity index (χ1v) is 6.18. The fraction of sp³-hybridized carbons (Fsp3) is 0.818. The molecule has 122 valence electrons. The number of aliphatic hydroxyl groups is 5. The van der Waals surface area contributed by atoms with E-state index < -0.39 is 61.1 Å². The molecule has 0 spiro atoms. The maximum atomic E-state index is 11.1. The van der Waals surface area contributed by atoms with Gasteiger partial charge in [0.1, 0.15) is 18.3 Å². The van der Waals surface area contributed by atoms with E-state index in [9.17, 15) is 30.0 Å². The minimum absolute atomic E-state index is 0.598. The van der Waals surface area contributed by atoms with Gasteiger partial charge in [0.05, 0.1) is 18.8 Å². The molecule has 0 aromatic rings. The molecule has 0 aromatic carbocycles. The van der Waals surface area contributed by atoms with Crippen molar-refractivity contribution in [3.63, 3.8) is 0 Å². The molecule has 7 N–H and O–H groups in total. The standard InChI is InChI=1S/C11H19NO9/c1-4(14)12-7-5(15)2-11(20,10(18)19)21-9(7)8(17)6(16)3-13/h5-9,13,15-17,20H,2-3H2,1H3,(H,12,14)(H,18,19)/t5-,6-,7+,8-,9-,11-/m1/s1. The van der Waals surface area contributed by atoms with Crippen molar-refractivity contribution in [1.82, 2.24) is 5.32 Å². The highest BCUT2D eigenvalue weighted by atomic mass is 16.7. The summed E-state index contributed by atoms with van der Waals surface area (Å²) in [4.78, 5) is 22.1. The Morgan fingerprint density at radius 1 is 1.43 bits per heavy atom. The van der Waals surface area contributed by atoms with Gasteiger partial charge in [-0.05, 0) is 0 Å². The van der Waals surface area contributed by atoms with Crippen molar-refractivity contribution in [3.05, 3.63) is 0 Å². The van der Waals surface area contributed by atoms with Gasteiger partial charge < -0.3 is 40.7 Å². The molecular formula is C11H19NO9. The molecule has 0 saturated carbocycles. The van der Waals surface area contributed by atoms with Crippen LogP contribution >= 0.6 is 0 Å². The van der Waals surface area contributed by atoms with Gasteiger partial charge in [-0.2, -0.15) is 0 Å². The third-order valence-electron chi connectivity index (χ3n) is 3.21. The number of ether oxygens (including phenoxy) is 1. The lowest BCUT2D eigenvalue weighted by Gasteiger charge is -2.44. The zero-order valence-corrected chi connectivity index (χ0v) is 11.2. The second kappa shape index (κ2) is 6.64. The highest BCUT2D eigenvalue weighted by molar-refractivity contribution is 5.76. The molecule has 10 nitrogen and oxygen atoms in total. The Labute approximate surface area is 119 Å². The Bertz CT molecular complexity index is 403. The maximum Gasteiger partial charge on any atom is 0.364 e. The zero-order valence-electron chi connectivity index (χ0n) is 11.2. The monoisotopic (exact) mass is 309 g/mol. The van der Waals surface area contributed by atoms with Crippen LogP contribution in [0.1, 0.15) is 13.3 Å². The average Bonchev–Trinajstić information content (AvgIpc) is 2.39. The Kier molecular flexibility index (Phi) is 5.61. The highest BCUT2D eigenvalue weighted by Crippen LogP contribution is 2.30. The second-order valence-corrected chi connectivity index (χ2v) is 4.91. The largest absolute Gasteiger partial charge is 0.477 e. The minimum Gasteiger partial charge on any atom is -0.477 e. The number of rotatable bonds is 5. The van der Waals surface area contributed by atoms with Gasteiger partial charge in [0.25, 0.3) is 5.79 Å². The molecule has 1 aliphatic rings. The number of aliphatic hydroxyl groups excluding tert-OH is 4. The lowest BCUT2D eigenvalue weighted by molar-refractivity contribution is -0.295. The summed E-state index contributed by atoms with van der Waals surface area (Å²) in [5, 5.41) is 59.0. The van der Waals surface area contributed by atoms with Gasteiger partial charge in [-0.1, -0.05) is 0 Å². The van der Waals surface area contributed by atoms with E-state index in [1.165, 1.54) is 0 Å². The molecule has 0 unspecified atom stereocenters. The minimum atomic E-state index is -2.78. The predicted octanol–water partition coefficient (Wildman–Crippen LogP) is -3.87. The van der Waals surface area contributed by atoms with Crippen molar-refractivity contribution < 1.29 is 45.0 Å². The van der Waals surface area contributed by atoms with E-state index in [0.29, 0.717) is 0 Å². The van der Waals surface area contributed by atoms with Gasteiger partial charge >= 0.3 is 5.97 Å². The van der Waals surface area contributed by atoms with Crippen molar-refractivity contribution in [1.29, 1.82) is 0 Å². The predicted molar refractivity (Wildman–Crippen MR) is 64.8 cm³/mol. The van der Waals surface area contributed by atoms with E-state index in [2.05, 4.69) is 5.32 Å². The number of hydrogen-bond donors (Lipinski definition) is 7. The molecule has 10 heteroatoms. The molecule has 1 aliphatic heterocycles. The van der Waals surface area contributed by atoms with E-state index in [1.807, 2.05) is 0 Å². The van der Waals surface area contributed by atoms with Gasteiger partial charge in [0.2, 0.25) is 5.91 Å². The van der Waals surface area contributed by atoms with Crippen molar-refractivity contribution in [2.45, 2.75) is 49.6 Å². The SMILES string of the molecule is CC(=O)N[C@@H]1[C@H]([C@H](O)[C@H](O)CO)O[C@@](O)(C(=O)O)C[C@H]1O. The van der Waals surface area contributed by atoms with Crippen molar-refractivity contribution in [2.24, 2.45) is 0 Å². The van der Waals surface area contributed by atoms with E-state index in [0.717, 1.165) is 6.92 Å². The molecule has 1 amide bonds. The number of hydrogen-bond acceptors (Lipinski definition) is 8. The first-order valence-electron chi connectivity index (χ1n) is 6.18. The van der Waals surface area contributed by atoms with E-state index >= 15 is 0 Å². The van der Waals surface area contributed by atoms with Crippen LogP contribution in [0.5, 0.6) is 0 Å². The van der Waals surface area contributed by atoms with Crippen molar-refractivity contribution in [3.8, 4) is 0 Å². The van der Waals surface area contributed by atoms with Gasteiger partial charge in [-0.25, -0.2) is 4.79 Å². The van der Waals surface area contributed by atoms with E-state index in [4.69, 9.17) is 14.9 Å². The number of carboxylic acids is 1. The summed E-state index contributed by atoms with van der Waals surface area (Å²) in [6.07, 6.45) is -7.48. The molecule has 0 aromatic heterocycles. The van der Waals surface area contributed by atoms with Gasteiger partial charge in [0, 0.05) is 13.3 Å². The lowest BCUT2D eigenvalue weighted by atomic mass is 9.88. The molecule has 0 aliphatic carbocycles. The molecule has 0 radical (unpaired) electrons. The summed E-state index contributed by atoms with van der Waals surface area (Å²) in [7, 11) is 0. The number of aliphatic carboxylic acids is 1. The van der Waals surface area contributed by atoms with Crippen LogP contribution in [0.2, 0.25) is 0 Å². The van der Waals surface area contributed by atoms with Crippen LogP contribution in [0, 0.1) is 0 Å². The zero-order chi connectivity index (χ0) is 16.4. The third kappa shape index (κ3) is 3.87. The average molecular weight is 309 g/mol. The van der Waals surface area contributed by atoms with Gasteiger partial charge in [0.15, 0.2) is 0 Å². The van der Waals surface area contributed by atoms with Crippen LogP contribution in [0.4, 0.5) is 0 Å².